The second kappa shape index (κ2) is 6.23. The topological polar surface area (TPSA) is 38.0 Å². The molecule has 108 valence electrons. The highest BCUT2D eigenvalue weighted by Gasteiger charge is 2.25. The molecule has 0 aliphatic heterocycles. The van der Waals surface area contributed by atoms with Crippen LogP contribution in [0.5, 0.6) is 0 Å². The molecule has 0 fully saturated rings. The van der Waals surface area contributed by atoms with Crippen LogP contribution >= 0.6 is 0 Å². The van der Waals surface area contributed by atoms with Crippen molar-refractivity contribution in [3.05, 3.63) is 53.6 Å². The van der Waals surface area contributed by atoms with Gasteiger partial charge in [0.25, 0.3) is 0 Å². The molecule has 1 atom stereocenters. The first-order valence-electron chi connectivity index (χ1n) is 7.38. The van der Waals surface area contributed by atoms with Gasteiger partial charge >= 0.3 is 0 Å². The van der Waals surface area contributed by atoms with Crippen molar-refractivity contribution in [3.8, 4) is 0 Å². The van der Waals surface area contributed by atoms with Gasteiger partial charge < -0.3 is 9.67 Å². The molecular formula is C17H24N2O. The Kier molecular flexibility index (Phi) is 4.61. The smallest absolute Gasteiger partial charge is 0.111 e. The maximum Gasteiger partial charge on any atom is 0.111 e. The Balaban J connectivity index is 2.18. The number of rotatable bonds is 6. The molecule has 0 bridgehead atoms. The Morgan fingerprint density at radius 2 is 1.90 bits per heavy atom. The van der Waals surface area contributed by atoms with Crippen LogP contribution in [0, 0.1) is 0 Å². The van der Waals surface area contributed by atoms with E-state index in [9.17, 15) is 5.11 Å². The van der Waals surface area contributed by atoms with Crippen LogP contribution in [0.3, 0.4) is 0 Å². The molecule has 3 nitrogen and oxygen atoms in total. The van der Waals surface area contributed by atoms with Gasteiger partial charge in [-0.15, -0.1) is 0 Å². The average molecular weight is 272 g/mol. The highest BCUT2D eigenvalue weighted by atomic mass is 16.3. The number of aryl methyl sites for hydroxylation is 2. The molecule has 0 saturated carbocycles. The first-order chi connectivity index (χ1) is 9.56. The van der Waals surface area contributed by atoms with Crippen LogP contribution in [0.1, 0.15) is 44.1 Å². The Hall–Kier alpha value is -1.61. The quantitative estimate of drug-likeness (QED) is 0.876. The Morgan fingerprint density at radius 3 is 2.50 bits per heavy atom. The molecule has 0 radical (unpaired) electrons. The number of nitrogens with zero attached hydrogens (tertiary/aromatic N) is 2. The van der Waals surface area contributed by atoms with Crippen molar-refractivity contribution in [1.82, 2.24) is 9.55 Å². The van der Waals surface area contributed by atoms with Crippen LogP contribution in [-0.2, 0) is 25.0 Å². The van der Waals surface area contributed by atoms with Crippen LogP contribution < -0.4 is 0 Å². The highest BCUT2D eigenvalue weighted by molar-refractivity contribution is 5.27. The predicted octanol–water partition coefficient (Wildman–Crippen LogP) is 3.31. The van der Waals surface area contributed by atoms with Gasteiger partial charge in [0.1, 0.15) is 5.82 Å². The lowest BCUT2D eigenvalue weighted by Gasteiger charge is -2.24. The van der Waals surface area contributed by atoms with Gasteiger partial charge in [0, 0.05) is 25.4 Å². The lowest BCUT2D eigenvalue weighted by atomic mass is 9.91. The summed E-state index contributed by atoms with van der Waals surface area (Å²) in [6.07, 6.45) is 6.40. The van der Waals surface area contributed by atoms with E-state index in [1.54, 1.807) is 6.20 Å². The van der Waals surface area contributed by atoms with Crippen LogP contribution in [-0.4, -0.2) is 14.7 Å². The lowest BCUT2D eigenvalue weighted by Crippen LogP contribution is -2.26. The zero-order valence-corrected chi connectivity index (χ0v) is 12.6. The monoisotopic (exact) mass is 272 g/mol. The van der Waals surface area contributed by atoms with Gasteiger partial charge in [-0.05, 0) is 30.9 Å². The third-order valence-corrected chi connectivity index (χ3v) is 3.75. The molecule has 0 aliphatic rings. The Morgan fingerprint density at radius 1 is 1.20 bits per heavy atom. The second-order valence-corrected chi connectivity index (χ2v) is 5.54. The molecule has 1 unspecified atom stereocenters. The van der Waals surface area contributed by atoms with E-state index in [4.69, 9.17) is 0 Å². The van der Waals surface area contributed by atoms with Gasteiger partial charge in [-0.3, -0.25) is 0 Å². The minimum absolute atomic E-state index is 0.533. The van der Waals surface area contributed by atoms with Gasteiger partial charge in [-0.2, -0.15) is 0 Å². The standard InChI is InChI=1S/C17H24N2O/c1-4-11-19-12-10-18-16(19)13-17(3,20)15-8-6-14(5-2)7-9-15/h6-10,12,20H,4-5,11,13H2,1-3H3. The third kappa shape index (κ3) is 3.28. The molecule has 0 amide bonds. The van der Waals surface area contributed by atoms with Crippen LogP contribution in [0.25, 0.3) is 0 Å². The number of hydrogen-bond donors (Lipinski definition) is 1. The van der Waals surface area contributed by atoms with Crippen molar-refractivity contribution in [2.45, 2.75) is 52.2 Å². The molecule has 0 aliphatic carbocycles. The molecule has 1 aromatic carbocycles. The molecule has 0 saturated heterocycles. The first-order valence-corrected chi connectivity index (χ1v) is 7.38. The van der Waals surface area contributed by atoms with E-state index < -0.39 is 5.60 Å². The summed E-state index contributed by atoms with van der Waals surface area (Å²) in [6.45, 7) is 7.08. The van der Waals surface area contributed by atoms with E-state index in [1.807, 2.05) is 25.3 Å². The zero-order valence-electron chi connectivity index (χ0n) is 12.6. The molecular weight excluding hydrogens is 248 g/mol. The van der Waals surface area contributed by atoms with E-state index in [1.165, 1.54) is 5.56 Å². The van der Waals surface area contributed by atoms with Gasteiger partial charge in [0.2, 0.25) is 0 Å². The number of aliphatic hydroxyl groups is 1. The molecule has 3 heteroatoms. The summed E-state index contributed by atoms with van der Waals surface area (Å²) in [7, 11) is 0. The number of aromatic nitrogens is 2. The van der Waals surface area contributed by atoms with Crippen molar-refractivity contribution in [2.24, 2.45) is 0 Å². The molecule has 1 heterocycles. The first kappa shape index (κ1) is 14.8. The summed E-state index contributed by atoms with van der Waals surface area (Å²) >= 11 is 0. The van der Waals surface area contributed by atoms with Crippen LogP contribution in [0.15, 0.2) is 36.7 Å². The lowest BCUT2D eigenvalue weighted by molar-refractivity contribution is 0.0545. The van der Waals surface area contributed by atoms with E-state index in [2.05, 4.69) is 35.5 Å². The Labute approximate surface area is 121 Å². The largest absolute Gasteiger partial charge is 0.385 e. The van der Waals surface area contributed by atoms with Crippen molar-refractivity contribution in [1.29, 1.82) is 0 Å². The van der Waals surface area contributed by atoms with Crippen LogP contribution in [0.2, 0.25) is 0 Å². The van der Waals surface area contributed by atoms with E-state index in [-0.39, 0.29) is 0 Å². The molecule has 2 rings (SSSR count). The number of imidazole rings is 1. The molecule has 0 spiro atoms. The van der Waals surface area contributed by atoms with Crippen molar-refractivity contribution in [2.75, 3.05) is 0 Å². The fourth-order valence-corrected chi connectivity index (χ4v) is 2.46. The summed E-state index contributed by atoms with van der Waals surface area (Å²) in [5, 5.41) is 10.8. The summed E-state index contributed by atoms with van der Waals surface area (Å²) in [4.78, 5) is 4.38. The zero-order chi connectivity index (χ0) is 14.6. The number of hydrogen-bond acceptors (Lipinski definition) is 2. The summed E-state index contributed by atoms with van der Waals surface area (Å²) in [5.74, 6) is 0.941. The van der Waals surface area contributed by atoms with E-state index in [0.717, 1.165) is 30.8 Å². The fourth-order valence-electron chi connectivity index (χ4n) is 2.46. The van der Waals surface area contributed by atoms with Crippen LogP contribution in [0.4, 0.5) is 0 Å². The minimum atomic E-state index is -0.886. The van der Waals surface area contributed by atoms with E-state index in [0.29, 0.717) is 6.42 Å². The number of benzene rings is 1. The summed E-state index contributed by atoms with van der Waals surface area (Å²) in [6, 6.07) is 8.21. The summed E-state index contributed by atoms with van der Waals surface area (Å²) in [5.41, 5.74) is 1.35. The Bertz CT molecular complexity index is 540. The van der Waals surface area contributed by atoms with Gasteiger partial charge in [0.15, 0.2) is 0 Å². The average Bonchev–Trinajstić information content (AvgIpc) is 2.86. The second-order valence-electron chi connectivity index (χ2n) is 5.54. The summed E-state index contributed by atoms with van der Waals surface area (Å²) < 4.78 is 2.12. The fraction of sp³-hybridized carbons (Fsp3) is 0.471. The van der Waals surface area contributed by atoms with E-state index >= 15 is 0 Å². The normalized spacial score (nSPS) is 14.2. The molecule has 1 N–H and O–H groups in total. The highest BCUT2D eigenvalue weighted by Crippen LogP contribution is 2.25. The van der Waals surface area contributed by atoms with Gasteiger partial charge in [-0.25, -0.2) is 4.98 Å². The SMILES string of the molecule is CCCn1ccnc1CC(C)(O)c1ccc(CC)cc1. The van der Waals surface area contributed by atoms with Crippen molar-refractivity contribution >= 4 is 0 Å². The minimum Gasteiger partial charge on any atom is -0.385 e. The van der Waals surface area contributed by atoms with Crippen molar-refractivity contribution < 1.29 is 5.11 Å². The molecule has 1 aromatic heterocycles. The van der Waals surface area contributed by atoms with Gasteiger partial charge in [0.05, 0.1) is 5.60 Å². The predicted molar refractivity (Wildman–Crippen MR) is 81.6 cm³/mol. The van der Waals surface area contributed by atoms with Crippen molar-refractivity contribution in [3.63, 3.8) is 0 Å². The maximum absolute atomic E-state index is 10.8. The maximum atomic E-state index is 10.8. The molecule has 2 aromatic rings. The van der Waals surface area contributed by atoms with Gasteiger partial charge in [-0.1, -0.05) is 38.1 Å². The third-order valence-electron chi connectivity index (χ3n) is 3.75. The molecule has 20 heavy (non-hydrogen) atoms.